The van der Waals surface area contributed by atoms with E-state index in [1.807, 2.05) is 52.0 Å². The lowest BCUT2D eigenvalue weighted by atomic mass is 9.79. The molecule has 1 atom stereocenters. The summed E-state index contributed by atoms with van der Waals surface area (Å²) in [6, 6.07) is 7.93. The molecular weight excluding hydrogens is 365 g/mol. The molecule has 2 aliphatic rings. The Labute approximate surface area is 175 Å². The van der Waals surface area contributed by atoms with Gasteiger partial charge >= 0.3 is 13.2 Å². The fourth-order valence-corrected chi connectivity index (χ4v) is 3.91. The van der Waals surface area contributed by atoms with E-state index in [2.05, 4.69) is 19.2 Å². The summed E-state index contributed by atoms with van der Waals surface area (Å²) in [6.45, 7) is 12.7. The van der Waals surface area contributed by atoms with Crippen LogP contribution in [0.3, 0.4) is 0 Å². The molecule has 3 rings (SSSR count). The minimum atomic E-state index is -0.383. The van der Waals surface area contributed by atoms with Crippen LogP contribution in [0.15, 0.2) is 35.4 Å². The number of allylic oxidation sites excluding steroid dienone is 1. The zero-order chi connectivity index (χ0) is 21.2. The molecule has 1 aliphatic heterocycles. The van der Waals surface area contributed by atoms with Gasteiger partial charge in [-0.2, -0.15) is 0 Å². The maximum Gasteiger partial charge on any atom is 0.494 e. The molecule has 1 heterocycles. The Bertz CT molecular complexity index is 754. The molecule has 1 aliphatic carbocycles. The Morgan fingerprint density at radius 2 is 1.76 bits per heavy atom. The topological polar surface area (TPSA) is 56.8 Å². The fraction of sp³-hybridized carbons (Fsp3) is 0.609. The van der Waals surface area contributed by atoms with E-state index in [1.54, 1.807) is 0 Å². The third-order valence-electron chi connectivity index (χ3n) is 6.54. The summed E-state index contributed by atoms with van der Waals surface area (Å²) in [6.07, 6.45) is 3.91. The molecule has 5 nitrogen and oxygen atoms in total. The van der Waals surface area contributed by atoms with E-state index in [1.165, 1.54) is 17.6 Å². The van der Waals surface area contributed by atoms with Gasteiger partial charge in [0, 0.05) is 0 Å². The standard InChI is InChI=1S/C23H34BNO4/c1-7-20(19-10-8-9-16(19)2)25-21(26)27-15-17-11-13-18(14-12-17)24-28-22(3,4)23(5,6)29-24/h11-14,20H,7-10,15H2,1-6H3,(H,25,26)/t20-/m0/s1. The highest BCUT2D eigenvalue weighted by Crippen LogP contribution is 2.36. The molecule has 1 saturated heterocycles. The number of amides is 1. The predicted molar refractivity (Wildman–Crippen MR) is 116 cm³/mol. The summed E-state index contributed by atoms with van der Waals surface area (Å²) in [5, 5.41) is 3.02. The molecule has 1 fully saturated rings. The van der Waals surface area contributed by atoms with Gasteiger partial charge in [0.2, 0.25) is 0 Å². The number of nitrogens with one attached hydrogen (secondary N) is 1. The molecule has 1 aromatic carbocycles. The first-order valence-corrected chi connectivity index (χ1v) is 10.7. The highest BCUT2D eigenvalue weighted by molar-refractivity contribution is 6.62. The van der Waals surface area contributed by atoms with Gasteiger partial charge in [0.1, 0.15) is 6.61 Å². The van der Waals surface area contributed by atoms with Gasteiger partial charge in [-0.1, -0.05) is 36.8 Å². The quantitative estimate of drug-likeness (QED) is 0.566. The number of carbonyl (C=O) groups excluding carboxylic acids is 1. The highest BCUT2D eigenvalue weighted by atomic mass is 16.7. The molecule has 1 amide bonds. The largest absolute Gasteiger partial charge is 0.494 e. The normalized spacial score (nSPS) is 21.4. The molecule has 0 saturated carbocycles. The van der Waals surface area contributed by atoms with Crippen LogP contribution in [0, 0.1) is 0 Å². The average molecular weight is 399 g/mol. The van der Waals surface area contributed by atoms with Crippen LogP contribution in [0.2, 0.25) is 0 Å². The number of ether oxygens (including phenoxy) is 1. The van der Waals surface area contributed by atoms with Crippen LogP contribution in [0.1, 0.15) is 72.8 Å². The van der Waals surface area contributed by atoms with Crippen molar-refractivity contribution >= 4 is 18.7 Å². The van der Waals surface area contributed by atoms with Crippen LogP contribution in [-0.4, -0.2) is 30.5 Å². The second-order valence-corrected chi connectivity index (χ2v) is 9.17. The predicted octanol–water partition coefficient (Wildman–Crippen LogP) is 4.49. The van der Waals surface area contributed by atoms with E-state index in [9.17, 15) is 4.79 Å². The molecule has 0 radical (unpaired) electrons. The zero-order valence-corrected chi connectivity index (χ0v) is 18.6. The molecule has 6 heteroatoms. The number of hydrogen-bond donors (Lipinski definition) is 1. The van der Waals surface area contributed by atoms with Crippen molar-refractivity contribution in [2.75, 3.05) is 0 Å². The molecule has 0 aromatic heterocycles. The van der Waals surface area contributed by atoms with Gasteiger partial charge in [-0.25, -0.2) is 4.79 Å². The molecule has 0 unspecified atom stereocenters. The number of benzene rings is 1. The van der Waals surface area contributed by atoms with E-state index in [0.29, 0.717) is 0 Å². The third-order valence-corrected chi connectivity index (χ3v) is 6.54. The van der Waals surface area contributed by atoms with E-state index < -0.39 is 0 Å². The summed E-state index contributed by atoms with van der Waals surface area (Å²) < 4.78 is 17.6. The van der Waals surface area contributed by atoms with E-state index in [4.69, 9.17) is 14.0 Å². The van der Waals surface area contributed by atoms with Gasteiger partial charge in [-0.05, 0) is 76.9 Å². The van der Waals surface area contributed by atoms with Gasteiger partial charge in [0.15, 0.2) is 0 Å². The van der Waals surface area contributed by atoms with Crippen molar-refractivity contribution in [3.63, 3.8) is 0 Å². The van der Waals surface area contributed by atoms with Crippen molar-refractivity contribution in [1.82, 2.24) is 5.32 Å². The molecule has 29 heavy (non-hydrogen) atoms. The number of carbonyl (C=O) groups is 1. The molecule has 0 spiro atoms. The smallest absolute Gasteiger partial charge is 0.445 e. The maximum absolute atomic E-state index is 12.3. The lowest BCUT2D eigenvalue weighted by Crippen LogP contribution is -2.41. The molecular formula is C23H34BNO4. The Hall–Kier alpha value is -1.79. The lowest BCUT2D eigenvalue weighted by Gasteiger charge is -2.32. The van der Waals surface area contributed by atoms with Gasteiger partial charge in [0.05, 0.1) is 17.2 Å². The first-order valence-electron chi connectivity index (χ1n) is 10.7. The second-order valence-electron chi connectivity index (χ2n) is 9.17. The van der Waals surface area contributed by atoms with Crippen molar-refractivity contribution in [2.24, 2.45) is 0 Å². The summed E-state index contributed by atoms with van der Waals surface area (Å²) >= 11 is 0. The second kappa shape index (κ2) is 8.53. The Balaban J connectivity index is 1.53. The van der Waals surface area contributed by atoms with Crippen LogP contribution in [0.4, 0.5) is 4.79 Å². The van der Waals surface area contributed by atoms with Crippen molar-refractivity contribution in [3.05, 3.63) is 41.0 Å². The molecule has 1 aromatic rings. The molecule has 158 valence electrons. The van der Waals surface area contributed by atoms with Gasteiger partial charge in [-0.15, -0.1) is 0 Å². The van der Waals surface area contributed by atoms with Crippen molar-refractivity contribution in [2.45, 2.75) is 91.1 Å². The van der Waals surface area contributed by atoms with E-state index in [0.717, 1.165) is 30.3 Å². The van der Waals surface area contributed by atoms with Crippen molar-refractivity contribution in [3.8, 4) is 0 Å². The first-order chi connectivity index (χ1) is 13.6. The maximum atomic E-state index is 12.3. The summed E-state index contributed by atoms with van der Waals surface area (Å²) in [7, 11) is -0.383. The highest BCUT2D eigenvalue weighted by Gasteiger charge is 2.51. The number of alkyl carbamates (subject to hydrolysis) is 1. The van der Waals surface area contributed by atoms with E-state index >= 15 is 0 Å². The van der Waals surface area contributed by atoms with Crippen LogP contribution in [0.5, 0.6) is 0 Å². The SMILES string of the molecule is CC[C@H](NC(=O)OCc1ccc(B2OC(C)(C)C(C)(C)O2)cc1)C1=C(C)CCC1. The zero-order valence-electron chi connectivity index (χ0n) is 18.6. The van der Waals surface area contributed by atoms with Gasteiger partial charge in [-0.3, -0.25) is 0 Å². The minimum absolute atomic E-state index is 0.0794. The summed E-state index contributed by atoms with van der Waals surface area (Å²) in [4.78, 5) is 12.3. The average Bonchev–Trinajstić information content (AvgIpc) is 3.18. The Morgan fingerprint density at radius 1 is 1.14 bits per heavy atom. The monoisotopic (exact) mass is 399 g/mol. The molecule has 0 bridgehead atoms. The Morgan fingerprint density at radius 3 is 2.28 bits per heavy atom. The Kier molecular flexibility index (Phi) is 6.44. The van der Waals surface area contributed by atoms with Crippen LogP contribution >= 0.6 is 0 Å². The fourth-order valence-electron chi connectivity index (χ4n) is 3.91. The minimum Gasteiger partial charge on any atom is -0.445 e. The number of hydrogen-bond acceptors (Lipinski definition) is 4. The van der Waals surface area contributed by atoms with Crippen LogP contribution < -0.4 is 10.8 Å². The third kappa shape index (κ3) is 4.86. The van der Waals surface area contributed by atoms with Gasteiger partial charge < -0.3 is 19.4 Å². The van der Waals surface area contributed by atoms with Crippen LogP contribution in [0.25, 0.3) is 0 Å². The van der Waals surface area contributed by atoms with Crippen LogP contribution in [-0.2, 0) is 20.7 Å². The summed E-state index contributed by atoms with van der Waals surface area (Å²) in [5.74, 6) is 0. The van der Waals surface area contributed by atoms with E-state index in [-0.39, 0.29) is 37.1 Å². The van der Waals surface area contributed by atoms with Crippen molar-refractivity contribution in [1.29, 1.82) is 0 Å². The van der Waals surface area contributed by atoms with Crippen molar-refractivity contribution < 1.29 is 18.8 Å². The molecule has 1 N–H and O–H groups in total. The summed E-state index contributed by atoms with van der Waals surface area (Å²) in [5.41, 5.74) is 3.96. The lowest BCUT2D eigenvalue weighted by molar-refractivity contribution is 0.00578. The first kappa shape index (κ1) is 21.9. The van der Waals surface area contributed by atoms with Gasteiger partial charge in [0.25, 0.3) is 0 Å². The number of rotatable bonds is 6.